The number of carboxylic acid groups (broad SMARTS) is 1. The Labute approximate surface area is 208 Å². The molecule has 0 saturated carbocycles. The molecule has 36 heavy (non-hydrogen) atoms. The fraction of sp³-hybridized carbons (Fsp3) is 0.455. The van der Waals surface area contributed by atoms with Crippen LogP contribution in [0.1, 0.15) is 24.8 Å². The predicted molar refractivity (Wildman–Crippen MR) is 123 cm³/mol. The quantitative estimate of drug-likeness (QED) is 0.503. The second kappa shape index (κ2) is 9.96. The number of nitrogen functional groups attached to an aromatic ring is 1. The van der Waals surface area contributed by atoms with Gasteiger partial charge in [-0.15, -0.1) is 0 Å². The topological polar surface area (TPSA) is 125 Å². The SMILES string of the molecule is Nc1ncnc(N2CCC(C(=O)O)C(N3CCCC(Nc4cc(Cl)cc(C(F)(F)F)c4)C3=O)C2)c1F. The summed E-state index contributed by atoms with van der Waals surface area (Å²) < 4.78 is 54.1. The summed E-state index contributed by atoms with van der Waals surface area (Å²) in [6, 6.07) is 1.22. The number of carboxylic acids is 1. The summed E-state index contributed by atoms with van der Waals surface area (Å²) in [5.74, 6) is -3.76. The minimum Gasteiger partial charge on any atom is -0.481 e. The van der Waals surface area contributed by atoms with Crippen LogP contribution in [0, 0.1) is 11.7 Å². The summed E-state index contributed by atoms with van der Waals surface area (Å²) in [5.41, 5.74) is 4.60. The number of hydrogen-bond acceptors (Lipinski definition) is 7. The molecule has 2 aliphatic rings. The van der Waals surface area contributed by atoms with Crippen LogP contribution in [0.15, 0.2) is 24.5 Å². The van der Waals surface area contributed by atoms with Gasteiger partial charge in [-0.1, -0.05) is 11.6 Å². The van der Waals surface area contributed by atoms with Crippen molar-refractivity contribution in [1.29, 1.82) is 0 Å². The monoisotopic (exact) mass is 530 g/mol. The van der Waals surface area contributed by atoms with Gasteiger partial charge in [0.2, 0.25) is 11.7 Å². The van der Waals surface area contributed by atoms with Gasteiger partial charge in [-0.2, -0.15) is 17.6 Å². The molecular formula is C22H23ClF4N6O3. The van der Waals surface area contributed by atoms with E-state index in [1.54, 1.807) is 0 Å². The second-order valence-electron chi connectivity index (χ2n) is 8.74. The number of hydrogen-bond donors (Lipinski definition) is 3. The molecule has 2 aliphatic heterocycles. The Kier molecular flexibility index (Phi) is 7.12. The van der Waals surface area contributed by atoms with Crippen LogP contribution in [-0.2, 0) is 15.8 Å². The zero-order chi connectivity index (χ0) is 26.2. The molecule has 4 rings (SSSR count). The Bertz CT molecular complexity index is 1170. The van der Waals surface area contributed by atoms with Crippen LogP contribution in [0.4, 0.5) is 34.9 Å². The van der Waals surface area contributed by atoms with Gasteiger partial charge in [-0.25, -0.2) is 9.97 Å². The molecule has 1 amide bonds. The van der Waals surface area contributed by atoms with Gasteiger partial charge in [-0.05, 0) is 37.5 Å². The molecule has 0 aliphatic carbocycles. The lowest BCUT2D eigenvalue weighted by Gasteiger charge is -2.45. The number of piperidine rings is 2. The molecule has 1 aromatic carbocycles. The molecule has 9 nitrogen and oxygen atoms in total. The Morgan fingerprint density at radius 3 is 2.64 bits per heavy atom. The molecule has 2 saturated heterocycles. The Morgan fingerprint density at radius 1 is 1.19 bits per heavy atom. The van der Waals surface area contributed by atoms with Crippen molar-refractivity contribution in [2.75, 3.05) is 35.6 Å². The molecule has 14 heteroatoms. The molecule has 0 spiro atoms. The lowest BCUT2D eigenvalue weighted by atomic mass is 9.88. The molecule has 2 aromatic rings. The van der Waals surface area contributed by atoms with E-state index in [0.717, 1.165) is 18.5 Å². The summed E-state index contributed by atoms with van der Waals surface area (Å²) >= 11 is 5.86. The van der Waals surface area contributed by atoms with E-state index < -0.39 is 47.4 Å². The molecule has 2 fully saturated rings. The summed E-state index contributed by atoms with van der Waals surface area (Å²) in [4.78, 5) is 35.9. The van der Waals surface area contributed by atoms with Crippen LogP contribution >= 0.6 is 11.6 Å². The molecule has 0 radical (unpaired) electrons. The average molecular weight is 531 g/mol. The number of amides is 1. The van der Waals surface area contributed by atoms with Crippen LogP contribution < -0.4 is 16.0 Å². The van der Waals surface area contributed by atoms with Crippen molar-refractivity contribution in [2.24, 2.45) is 5.92 Å². The first-order chi connectivity index (χ1) is 17.0. The standard InChI is InChI=1S/C22H23ClF4N6O3/c23-12-6-11(22(25,26)27)7-13(8-12)31-15-2-1-4-33(20(15)34)16-9-32(5-3-14(16)21(35)36)19-17(24)18(28)29-10-30-19/h6-8,10,14-16,31H,1-5,9H2,(H,35,36)(H2,28,29,30). The van der Waals surface area contributed by atoms with Gasteiger partial charge in [0.25, 0.3) is 0 Å². The molecule has 3 atom stereocenters. The van der Waals surface area contributed by atoms with Crippen molar-refractivity contribution in [3.63, 3.8) is 0 Å². The summed E-state index contributed by atoms with van der Waals surface area (Å²) in [5, 5.41) is 12.5. The van der Waals surface area contributed by atoms with Crippen LogP contribution in [0.3, 0.4) is 0 Å². The first kappa shape index (κ1) is 25.7. The van der Waals surface area contributed by atoms with E-state index in [1.165, 1.54) is 15.9 Å². The number of aliphatic carboxylic acids is 1. The summed E-state index contributed by atoms with van der Waals surface area (Å²) in [6.45, 7) is 0.405. The number of anilines is 3. The predicted octanol–water partition coefficient (Wildman–Crippen LogP) is 3.25. The van der Waals surface area contributed by atoms with Crippen molar-refractivity contribution in [3.8, 4) is 0 Å². The van der Waals surface area contributed by atoms with Crippen molar-refractivity contribution < 1.29 is 32.3 Å². The van der Waals surface area contributed by atoms with Crippen LogP contribution in [0.2, 0.25) is 5.02 Å². The van der Waals surface area contributed by atoms with E-state index in [2.05, 4.69) is 15.3 Å². The molecule has 4 N–H and O–H groups in total. The third-order valence-electron chi connectivity index (χ3n) is 6.44. The Hall–Kier alpha value is -3.35. The molecule has 194 valence electrons. The lowest BCUT2D eigenvalue weighted by molar-refractivity contribution is -0.149. The summed E-state index contributed by atoms with van der Waals surface area (Å²) in [6.07, 6.45) is -2.60. The van der Waals surface area contributed by atoms with Gasteiger partial charge in [-0.3, -0.25) is 9.59 Å². The fourth-order valence-corrected chi connectivity index (χ4v) is 4.96. The lowest BCUT2D eigenvalue weighted by Crippen LogP contribution is -2.61. The highest BCUT2D eigenvalue weighted by molar-refractivity contribution is 6.31. The molecular weight excluding hydrogens is 508 g/mol. The van der Waals surface area contributed by atoms with Crippen LogP contribution in [-0.4, -0.2) is 63.6 Å². The van der Waals surface area contributed by atoms with E-state index in [4.69, 9.17) is 17.3 Å². The van der Waals surface area contributed by atoms with E-state index in [9.17, 15) is 32.3 Å². The van der Waals surface area contributed by atoms with E-state index in [0.29, 0.717) is 12.8 Å². The van der Waals surface area contributed by atoms with Gasteiger partial charge in [0.15, 0.2) is 11.6 Å². The number of benzene rings is 1. The number of alkyl halides is 3. The Morgan fingerprint density at radius 2 is 1.94 bits per heavy atom. The number of likely N-dealkylation sites (tertiary alicyclic amines) is 1. The van der Waals surface area contributed by atoms with Gasteiger partial charge < -0.3 is 26.0 Å². The van der Waals surface area contributed by atoms with Gasteiger partial charge in [0.05, 0.1) is 17.5 Å². The fourth-order valence-electron chi connectivity index (χ4n) is 4.72. The normalized spacial score (nSPS) is 23.0. The van der Waals surface area contributed by atoms with Crippen molar-refractivity contribution in [1.82, 2.24) is 14.9 Å². The maximum Gasteiger partial charge on any atom is 0.416 e. The Balaban J connectivity index is 1.57. The third kappa shape index (κ3) is 5.25. The van der Waals surface area contributed by atoms with Gasteiger partial charge in [0.1, 0.15) is 12.4 Å². The summed E-state index contributed by atoms with van der Waals surface area (Å²) in [7, 11) is 0. The molecule has 0 bridgehead atoms. The average Bonchev–Trinajstić information content (AvgIpc) is 2.81. The van der Waals surface area contributed by atoms with Crippen molar-refractivity contribution >= 4 is 40.8 Å². The smallest absolute Gasteiger partial charge is 0.416 e. The first-order valence-electron chi connectivity index (χ1n) is 11.1. The minimum atomic E-state index is -4.62. The number of rotatable bonds is 5. The maximum atomic E-state index is 14.6. The van der Waals surface area contributed by atoms with Crippen molar-refractivity contribution in [3.05, 3.63) is 40.9 Å². The minimum absolute atomic E-state index is 0.0157. The van der Waals surface area contributed by atoms with Gasteiger partial charge in [0, 0.05) is 30.3 Å². The maximum absolute atomic E-state index is 14.6. The van der Waals surface area contributed by atoms with E-state index in [-0.39, 0.29) is 48.4 Å². The molecule has 3 unspecified atom stereocenters. The number of nitrogens with one attached hydrogen (secondary N) is 1. The van der Waals surface area contributed by atoms with E-state index in [1.807, 2.05) is 0 Å². The highest BCUT2D eigenvalue weighted by atomic mass is 35.5. The number of halogens is 5. The first-order valence-corrected chi connectivity index (χ1v) is 11.5. The van der Waals surface area contributed by atoms with E-state index >= 15 is 0 Å². The number of nitrogens with two attached hydrogens (primary N) is 1. The third-order valence-corrected chi connectivity index (χ3v) is 6.65. The number of carbonyl (C=O) groups is 2. The highest BCUT2D eigenvalue weighted by Gasteiger charge is 2.43. The van der Waals surface area contributed by atoms with Crippen molar-refractivity contribution in [2.45, 2.75) is 37.5 Å². The largest absolute Gasteiger partial charge is 0.481 e. The molecule has 1 aromatic heterocycles. The zero-order valence-electron chi connectivity index (χ0n) is 18.8. The van der Waals surface area contributed by atoms with Gasteiger partial charge >= 0.3 is 12.1 Å². The van der Waals surface area contributed by atoms with Crippen LogP contribution in [0.25, 0.3) is 0 Å². The number of carbonyl (C=O) groups excluding carboxylic acids is 1. The van der Waals surface area contributed by atoms with Crippen LogP contribution in [0.5, 0.6) is 0 Å². The number of aromatic nitrogens is 2. The molecule has 3 heterocycles. The number of nitrogens with zero attached hydrogens (tertiary/aromatic N) is 4. The zero-order valence-corrected chi connectivity index (χ0v) is 19.6. The highest BCUT2D eigenvalue weighted by Crippen LogP contribution is 2.35. The second-order valence-corrected chi connectivity index (χ2v) is 9.18.